The van der Waals surface area contributed by atoms with Crippen molar-refractivity contribution in [3.05, 3.63) is 35.6 Å². The summed E-state index contributed by atoms with van der Waals surface area (Å²) in [5, 5.41) is 12.9. The molecule has 3 heteroatoms. The Labute approximate surface area is 96.5 Å². The van der Waals surface area contributed by atoms with Crippen LogP contribution in [0.3, 0.4) is 0 Å². The molecule has 90 valence electrons. The highest BCUT2D eigenvalue weighted by Crippen LogP contribution is 2.08. The molecule has 0 radical (unpaired) electrons. The summed E-state index contributed by atoms with van der Waals surface area (Å²) in [6.07, 6.45) is 1.35. The molecule has 0 aliphatic carbocycles. The van der Waals surface area contributed by atoms with Gasteiger partial charge in [0.15, 0.2) is 0 Å². The number of nitrogens with one attached hydrogen (secondary N) is 1. The van der Waals surface area contributed by atoms with Crippen LogP contribution in [0.2, 0.25) is 0 Å². The Balaban J connectivity index is 2.29. The average molecular weight is 225 g/mol. The minimum atomic E-state index is -0.671. The molecule has 1 atom stereocenters. The van der Waals surface area contributed by atoms with E-state index in [9.17, 15) is 9.50 Å². The second-order valence-corrected chi connectivity index (χ2v) is 4.37. The third kappa shape index (κ3) is 4.29. The molecule has 2 nitrogen and oxygen atoms in total. The van der Waals surface area contributed by atoms with E-state index in [-0.39, 0.29) is 5.82 Å². The Kier molecular flexibility index (Phi) is 4.90. The van der Waals surface area contributed by atoms with E-state index in [0.717, 1.165) is 0 Å². The van der Waals surface area contributed by atoms with Crippen LogP contribution in [0, 0.1) is 5.82 Å². The van der Waals surface area contributed by atoms with E-state index in [0.29, 0.717) is 31.5 Å². The first-order valence-electron chi connectivity index (χ1n) is 5.71. The average Bonchev–Trinajstić information content (AvgIpc) is 2.27. The maximum atomic E-state index is 13.2. The Bertz CT molecular complexity index is 325. The molecule has 0 aliphatic heterocycles. The van der Waals surface area contributed by atoms with E-state index in [4.69, 9.17) is 0 Å². The smallest absolute Gasteiger partial charge is 0.126 e. The van der Waals surface area contributed by atoms with Gasteiger partial charge in [-0.3, -0.25) is 0 Å². The number of hydrogen-bond acceptors (Lipinski definition) is 2. The molecule has 2 N–H and O–H groups in total. The fraction of sp³-hybridized carbons (Fsp3) is 0.538. The Hall–Kier alpha value is -0.930. The molecule has 0 fully saturated rings. The van der Waals surface area contributed by atoms with Gasteiger partial charge in [0, 0.05) is 6.54 Å². The molecule has 1 aromatic rings. The first kappa shape index (κ1) is 13.1. The molecule has 16 heavy (non-hydrogen) atoms. The predicted octanol–water partition coefficient (Wildman–Crippen LogP) is 2.12. The van der Waals surface area contributed by atoms with Crippen molar-refractivity contribution < 1.29 is 9.50 Å². The lowest BCUT2D eigenvalue weighted by molar-refractivity contribution is 0.0561. The molecular weight excluding hydrogens is 205 g/mol. The minimum Gasteiger partial charge on any atom is -0.389 e. The predicted molar refractivity (Wildman–Crippen MR) is 63.9 cm³/mol. The van der Waals surface area contributed by atoms with Crippen LogP contribution in [0.1, 0.15) is 25.8 Å². The number of hydrogen-bond donors (Lipinski definition) is 2. The lowest BCUT2D eigenvalue weighted by Gasteiger charge is -2.21. The lowest BCUT2D eigenvalue weighted by Crippen LogP contribution is -2.37. The van der Waals surface area contributed by atoms with Gasteiger partial charge in [-0.1, -0.05) is 25.1 Å². The van der Waals surface area contributed by atoms with E-state index >= 15 is 0 Å². The van der Waals surface area contributed by atoms with Crippen LogP contribution >= 0.6 is 0 Å². The van der Waals surface area contributed by atoms with Crippen LogP contribution in [0.15, 0.2) is 24.3 Å². The molecule has 1 rings (SSSR count). The van der Waals surface area contributed by atoms with Gasteiger partial charge in [-0.15, -0.1) is 0 Å². The topological polar surface area (TPSA) is 32.3 Å². The van der Waals surface area contributed by atoms with E-state index in [1.165, 1.54) is 6.07 Å². The molecule has 1 aromatic carbocycles. The van der Waals surface area contributed by atoms with Crippen molar-refractivity contribution in [3.63, 3.8) is 0 Å². The molecule has 0 heterocycles. The lowest BCUT2D eigenvalue weighted by atomic mass is 10.0. The van der Waals surface area contributed by atoms with Gasteiger partial charge in [0.2, 0.25) is 0 Å². The van der Waals surface area contributed by atoms with Crippen LogP contribution in [-0.2, 0) is 6.42 Å². The molecule has 0 saturated carbocycles. The highest BCUT2D eigenvalue weighted by atomic mass is 19.1. The fourth-order valence-electron chi connectivity index (χ4n) is 1.41. The van der Waals surface area contributed by atoms with Gasteiger partial charge in [-0.25, -0.2) is 4.39 Å². The summed E-state index contributed by atoms with van der Waals surface area (Å²) in [5.41, 5.74) is 0.0426. The number of rotatable bonds is 6. The van der Waals surface area contributed by atoms with Crippen LogP contribution < -0.4 is 5.32 Å². The summed E-state index contributed by atoms with van der Waals surface area (Å²) >= 11 is 0. The Morgan fingerprint density at radius 2 is 2.06 bits per heavy atom. The van der Waals surface area contributed by atoms with Crippen LogP contribution in [-0.4, -0.2) is 23.8 Å². The maximum Gasteiger partial charge on any atom is 0.126 e. The van der Waals surface area contributed by atoms with E-state index < -0.39 is 5.60 Å². The highest BCUT2D eigenvalue weighted by molar-refractivity contribution is 5.17. The van der Waals surface area contributed by atoms with Crippen molar-refractivity contribution in [2.45, 2.75) is 32.3 Å². The summed E-state index contributed by atoms with van der Waals surface area (Å²) in [4.78, 5) is 0. The second kappa shape index (κ2) is 5.97. The zero-order valence-corrected chi connectivity index (χ0v) is 9.96. The van der Waals surface area contributed by atoms with Crippen molar-refractivity contribution in [2.24, 2.45) is 0 Å². The monoisotopic (exact) mass is 225 g/mol. The van der Waals surface area contributed by atoms with Crippen molar-refractivity contribution >= 4 is 0 Å². The molecular formula is C13H20FNO. The Morgan fingerprint density at radius 1 is 1.38 bits per heavy atom. The summed E-state index contributed by atoms with van der Waals surface area (Å²) in [6.45, 7) is 4.96. The molecule has 0 spiro atoms. The fourth-order valence-corrected chi connectivity index (χ4v) is 1.41. The van der Waals surface area contributed by atoms with Gasteiger partial charge in [-0.2, -0.15) is 0 Å². The summed E-state index contributed by atoms with van der Waals surface area (Å²) in [6, 6.07) is 6.78. The van der Waals surface area contributed by atoms with Gasteiger partial charge >= 0.3 is 0 Å². The van der Waals surface area contributed by atoms with Crippen molar-refractivity contribution in [1.82, 2.24) is 5.32 Å². The van der Waals surface area contributed by atoms with Crippen molar-refractivity contribution in [2.75, 3.05) is 13.1 Å². The van der Waals surface area contributed by atoms with E-state index in [1.54, 1.807) is 19.1 Å². The zero-order valence-electron chi connectivity index (χ0n) is 9.96. The molecule has 0 saturated heterocycles. The number of aliphatic hydroxyl groups is 1. The first-order chi connectivity index (χ1) is 7.55. The van der Waals surface area contributed by atoms with Crippen molar-refractivity contribution in [1.29, 1.82) is 0 Å². The normalized spacial score (nSPS) is 14.8. The SMILES string of the molecule is CCC(C)(O)CNCCc1ccccc1F. The molecule has 0 aliphatic rings. The maximum absolute atomic E-state index is 13.2. The van der Waals surface area contributed by atoms with Gasteiger partial charge in [0.1, 0.15) is 5.82 Å². The van der Waals surface area contributed by atoms with Crippen LogP contribution in [0.5, 0.6) is 0 Å². The highest BCUT2D eigenvalue weighted by Gasteiger charge is 2.16. The van der Waals surface area contributed by atoms with Gasteiger partial charge < -0.3 is 10.4 Å². The zero-order chi connectivity index (χ0) is 12.0. The molecule has 0 amide bonds. The van der Waals surface area contributed by atoms with E-state index in [2.05, 4.69) is 5.32 Å². The Morgan fingerprint density at radius 3 is 2.69 bits per heavy atom. The third-order valence-electron chi connectivity index (χ3n) is 2.80. The number of benzene rings is 1. The molecule has 0 bridgehead atoms. The standard InChI is InChI=1S/C13H20FNO/c1-3-13(2,16)10-15-9-8-11-6-4-5-7-12(11)14/h4-7,15-16H,3,8-10H2,1-2H3. The van der Waals surface area contributed by atoms with Crippen molar-refractivity contribution in [3.8, 4) is 0 Å². The van der Waals surface area contributed by atoms with Crippen LogP contribution in [0.4, 0.5) is 4.39 Å². The van der Waals surface area contributed by atoms with Crippen LogP contribution in [0.25, 0.3) is 0 Å². The quantitative estimate of drug-likeness (QED) is 0.727. The third-order valence-corrected chi connectivity index (χ3v) is 2.80. The van der Waals surface area contributed by atoms with Gasteiger partial charge in [0.05, 0.1) is 5.60 Å². The summed E-state index contributed by atoms with van der Waals surface area (Å²) < 4.78 is 13.2. The molecule has 1 unspecified atom stereocenters. The first-order valence-corrected chi connectivity index (χ1v) is 5.71. The summed E-state index contributed by atoms with van der Waals surface area (Å²) in [7, 11) is 0. The minimum absolute atomic E-state index is 0.161. The van der Waals surface area contributed by atoms with Gasteiger partial charge in [0.25, 0.3) is 0 Å². The van der Waals surface area contributed by atoms with Gasteiger partial charge in [-0.05, 0) is 37.9 Å². The second-order valence-electron chi connectivity index (χ2n) is 4.37. The summed E-state index contributed by atoms with van der Waals surface area (Å²) in [5.74, 6) is -0.161. The molecule has 0 aromatic heterocycles. The number of halogens is 1. The largest absolute Gasteiger partial charge is 0.389 e. The van der Waals surface area contributed by atoms with E-state index in [1.807, 2.05) is 13.0 Å².